The maximum absolute atomic E-state index is 13.5. The summed E-state index contributed by atoms with van der Waals surface area (Å²) in [5.74, 6) is -4.84. The van der Waals surface area contributed by atoms with Gasteiger partial charge in [0.25, 0.3) is 5.91 Å². The molecule has 5 nitrogen and oxygen atoms in total. The van der Waals surface area contributed by atoms with E-state index in [4.69, 9.17) is 5.26 Å². The van der Waals surface area contributed by atoms with Gasteiger partial charge in [0.1, 0.15) is 0 Å². The Morgan fingerprint density at radius 1 is 1.27 bits per heavy atom. The normalized spacial score (nSPS) is 13.5. The van der Waals surface area contributed by atoms with Crippen LogP contribution in [0.15, 0.2) is 55.2 Å². The van der Waals surface area contributed by atoms with Crippen LogP contribution in [0.2, 0.25) is 0 Å². The van der Waals surface area contributed by atoms with Crippen molar-refractivity contribution in [2.24, 2.45) is 0 Å². The lowest BCUT2D eigenvalue weighted by atomic mass is 9.97. The Kier molecular flexibility index (Phi) is 5.70. The van der Waals surface area contributed by atoms with Crippen LogP contribution in [0.5, 0.6) is 0 Å². The smallest absolute Gasteiger partial charge is 0.321 e. The van der Waals surface area contributed by atoms with Crippen molar-refractivity contribution < 1.29 is 13.6 Å². The third-order valence-electron chi connectivity index (χ3n) is 4.96. The van der Waals surface area contributed by atoms with Crippen LogP contribution in [0.1, 0.15) is 43.5 Å². The van der Waals surface area contributed by atoms with Gasteiger partial charge >= 0.3 is 5.92 Å². The Labute approximate surface area is 173 Å². The number of nitriles is 1. The highest BCUT2D eigenvalue weighted by molar-refractivity contribution is 5.83. The number of nitrogens with one attached hydrogen (secondary N) is 1. The summed E-state index contributed by atoms with van der Waals surface area (Å²) >= 11 is 0. The number of rotatable bonds is 6. The SMILES string of the molecule is C=C(C)c1ccc([C@H]([C@H](C)NC(=O)C(C)(F)F)n2ncc3cc(C#N)ccc32)cc1. The standard InChI is InChI=1S/C23H22F2N4O/c1-14(2)17-6-8-18(9-7-17)21(15(3)28-22(30)23(4,24)25)29-20-10-5-16(12-26)11-19(20)13-27-29/h5-11,13,15,21H,1H2,2-4H3,(H,28,30)/t15-,21-/m0/s1. The summed E-state index contributed by atoms with van der Waals surface area (Å²) < 4.78 is 28.7. The topological polar surface area (TPSA) is 70.7 Å². The van der Waals surface area contributed by atoms with Crippen molar-refractivity contribution in [2.45, 2.75) is 38.8 Å². The molecule has 0 aliphatic heterocycles. The van der Waals surface area contributed by atoms with Gasteiger partial charge in [-0.2, -0.15) is 19.1 Å². The van der Waals surface area contributed by atoms with Gasteiger partial charge in [-0.1, -0.05) is 36.4 Å². The molecule has 154 valence electrons. The van der Waals surface area contributed by atoms with Gasteiger partial charge in [-0.25, -0.2) is 0 Å². The molecule has 0 fully saturated rings. The summed E-state index contributed by atoms with van der Waals surface area (Å²) in [5.41, 5.74) is 3.88. The molecule has 3 aromatic rings. The van der Waals surface area contributed by atoms with E-state index in [1.54, 1.807) is 36.0 Å². The first-order valence-electron chi connectivity index (χ1n) is 9.44. The van der Waals surface area contributed by atoms with Gasteiger partial charge in [0.15, 0.2) is 0 Å². The minimum atomic E-state index is -3.49. The van der Waals surface area contributed by atoms with Gasteiger partial charge < -0.3 is 5.32 Å². The molecule has 7 heteroatoms. The van der Waals surface area contributed by atoms with Gasteiger partial charge in [-0.15, -0.1) is 0 Å². The van der Waals surface area contributed by atoms with Gasteiger partial charge in [0, 0.05) is 12.3 Å². The Morgan fingerprint density at radius 3 is 2.50 bits per heavy atom. The van der Waals surface area contributed by atoms with E-state index in [2.05, 4.69) is 23.1 Å². The van der Waals surface area contributed by atoms with E-state index in [0.717, 1.165) is 27.6 Å². The predicted octanol–water partition coefficient (Wildman–Crippen LogP) is 4.69. The Balaban J connectivity index is 2.09. The van der Waals surface area contributed by atoms with Crippen molar-refractivity contribution in [1.29, 1.82) is 5.26 Å². The number of carbonyl (C=O) groups excluding carboxylic acids is 1. The van der Waals surface area contributed by atoms with Crippen molar-refractivity contribution in [2.75, 3.05) is 0 Å². The van der Waals surface area contributed by atoms with Crippen LogP contribution in [0.3, 0.4) is 0 Å². The number of hydrogen-bond acceptors (Lipinski definition) is 3. The lowest BCUT2D eigenvalue weighted by molar-refractivity contribution is -0.143. The number of halogens is 2. The fourth-order valence-electron chi connectivity index (χ4n) is 3.36. The highest BCUT2D eigenvalue weighted by Crippen LogP contribution is 2.28. The minimum absolute atomic E-state index is 0.497. The molecule has 1 heterocycles. The van der Waals surface area contributed by atoms with E-state index in [-0.39, 0.29) is 0 Å². The number of fused-ring (bicyclic) bond motifs is 1. The maximum atomic E-state index is 13.5. The zero-order chi connectivity index (χ0) is 22.1. The molecule has 30 heavy (non-hydrogen) atoms. The fraction of sp³-hybridized carbons (Fsp3) is 0.261. The summed E-state index contributed by atoms with van der Waals surface area (Å²) in [6.45, 7) is 8.05. The minimum Gasteiger partial charge on any atom is -0.346 e. The molecule has 0 spiro atoms. The number of alkyl halides is 2. The zero-order valence-electron chi connectivity index (χ0n) is 17.0. The molecule has 0 bridgehead atoms. The van der Waals surface area contributed by atoms with Crippen LogP contribution in [0.4, 0.5) is 8.78 Å². The number of allylic oxidation sites excluding steroid dienone is 1. The predicted molar refractivity (Wildman–Crippen MR) is 112 cm³/mol. The summed E-state index contributed by atoms with van der Waals surface area (Å²) in [4.78, 5) is 11.9. The zero-order valence-corrected chi connectivity index (χ0v) is 17.0. The summed E-state index contributed by atoms with van der Waals surface area (Å²) in [7, 11) is 0. The number of amides is 1. The lowest BCUT2D eigenvalue weighted by Gasteiger charge is -2.28. The van der Waals surface area contributed by atoms with Gasteiger partial charge in [-0.3, -0.25) is 9.48 Å². The van der Waals surface area contributed by atoms with Crippen LogP contribution in [-0.4, -0.2) is 27.7 Å². The third-order valence-corrected chi connectivity index (χ3v) is 4.96. The van der Waals surface area contributed by atoms with Crippen LogP contribution in [0.25, 0.3) is 16.5 Å². The molecule has 0 saturated heterocycles. The van der Waals surface area contributed by atoms with Crippen LogP contribution in [0, 0.1) is 11.3 Å². The van der Waals surface area contributed by atoms with Crippen molar-refractivity contribution in [3.63, 3.8) is 0 Å². The quantitative estimate of drug-likeness (QED) is 0.643. The first-order chi connectivity index (χ1) is 14.1. The van der Waals surface area contributed by atoms with E-state index in [1.807, 2.05) is 31.2 Å². The van der Waals surface area contributed by atoms with Gasteiger partial charge in [0.2, 0.25) is 0 Å². The summed E-state index contributed by atoms with van der Waals surface area (Å²) in [5, 5.41) is 16.7. The molecule has 0 saturated carbocycles. The van der Waals surface area contributed by atoms with Crippen LogP contribution < -0.4 is 5.32 Å². The highest BCUT2D eigenvalue weighted by atomic mass is 19.3. The van der Waals surface area contributed by atoms with Crippen molar-refractivity contribution in [3.8, 4) is 6.07 Å². The third kappa shape index (κ3) is 4.23. The number of carbonyl (C=O) groups is 1. The fourth-order valence-corrected chi connectivity index (χ4v) is 3.36. The maximum Gasteiger partial charge on any atom is 0.321 e. The molecule has 0 unspecified atom stereocenters. The molecule has 2 aromatic carbocycles. The van der Waals surface area contributed by atoms with Gasteiger partial charge in [-0.05, 0) is 43.2 Å². The molecule has 3 rings (SSSR count). The number of aromatic nitrogens is 2. The number of benzene rings is 2. The lowest BCUT2D eigenvalue weighted by Crippen LogP contribution is -2.46. The van der Waals surface area contributed by atoms with Crippen LogP contribution >= 0.6 is 0 Å². The molecular formula is C23H22F2N4O. The van der Waals surface area contributed by atoms with Crippen molar-refractivity contribution in [1.82, 2.24) is 15.1 Å². The first-order valence-corrected chi connectivity index (χ1v) is 9.44. The first kappa shape index (κ1) is 21.2. The van der Waals surface area contributed by atoms with Crippen molar-refractivity contribution in [3.05, 3.63) is 71.9 Å². The highest BCUT2D eigenvalue weighted by Gasteiger charge is 2.35. The molecule has 1 amide bonds. The number of nitrogens with zero attached hydrogens (tertiary/aromatic N) is 3. The Bertz CT molecular complexity index is 1140. The Morgan fingerprint density at radius 2 is 1.93 bits per heavy atom. The van der Waals surface area contributed by atoms with E-state index >= 15 is 0 Å². The number of hydrogen-bond donors (Lipinski definition) is 1. The monoisotopic (exact) mass is 408 g/mol. The summed E-state index contributed by atoms with van der Waals surface area (Å²) in [6, 6.07) is 13.5. The molecule has 1 aromatic heterocycles. The molecule has 2 atom stereocenters. The van der Waals surface area contributed by atoms with Crippen molar-refractivity contribution >= 4 is 22.4 Å². The second kappa shape index (κ2) is 8.07. The molecule has 0 aliphatic carbocycles. The second-order valence-electron chi connectivity index (χ2n) is 7.47. The van der Waals surface area contributed by atoms with E-state index < -0.39 is 23.9 Å². The summed E-state index contributed by atoms with van der Waals surface area (Å²) in [6.07, 6.45) is 1.62. The van der Waals surface area contributed by atoms with Crippen LogP contribution in [-0.2, 0) is 4.79 Å². The Hall–Kier alpha value is -3.53. The average molecular weight is 408 g/mol. The molecule has 1 N–H and O–H groups in total. The van der Waals surface area contributed by atoms with E-state index in [1.165, 1.54) is 0 Å². The second-order valence-corrected chi connectivity index (χ2v) is 7.47. The largest absolute Gasteiger partial charge is 0.346 e. The van der Waals surface area contributed by atoms with E-state index in [9.17, 15) is 13.6 Å². The molecule has 0 radical (unpaired) electrons. The molecule has 0 aliphatic rings. The molecular weight excluding hydrogens is 386 g/mol. The van der Waals surface area contributed by atoms with E-state index in [0.29, 0.717) is 12.5 Å². The van der Waals surface area contributed by atoms with Gasteiger partial charge in [0.05, 0.1) is 35.4 Å². The average Bonchev–Trinajstić information content (AvgIpc) is 3.10.